The van der Waals surface area contributed by atoms with Gasteiger partial charge in [-0.25, -0.2) is 9.78 Å². The van der Waals surface area contributed by atoms with E-state index in [2.05, 4.69) is 4.98 Å². The number of aryl methyl sites for hydroxylation is 1. The summed E-state index contributed by atoms with van der Waals surface area (Å²) in [7, 11) is 1.63. The first-order valence-electron chi connectivity index (χ1n) is 11.2. The smallest absolute Gasteiger partial charge is 0.336 e. The van der Waals surface area contributed by atoms with Gasteiger partial charge in [-0.2, -0.15) is 0 Å². The molecule has 1 heterocycles. The Bertz CT molecular complexity index is 1070. The van der Waals surface area contributed by atoms with E-state index in [0.717, 1.165) is 48.3 Å². The molecule has 0 spiro atoms. The van der Waals surface area contributed by atoms with E-state index in [9.17, 15) is 9.90 Å². The van der Waals surface area contributed by atoms with E-state index in [4.69, 9.17) is 18.6 Å². The van der Waals surface area contributed by atoms with Crippen molar-refractivity contribution in [2.75, 3.05) is 7.11 Å². The van der Waals surface area contributed by atoms with Gasteiger partial charge < -0.3 is 23.7 Å². The number of carboxylic acids is 1. The second kappa shape index (κ2) is 10.6. The van der Waals surface area contributed by atoms with Gasteiger partial charge in [-0.1, -0.05) is 18.2 Å². The summed E-state index contributed by atoms with van der Waals surface area (Å²) in [6.07, 6.45) is 5.43. The minimum Gasteiger partial charge on any atom is -0.497 e. The summed E-state index contributed by atoms with van der Waals surface area (Å²) in [5.41, 5.74) is 3.41. The van der Waals surface area contributed by atoms with Crippen LogP contribution in [0.15, 0.2) is 53.1 Å². The molecule has 0 aliphatic heterocycles. The molecule has 1 aliphatic carbocycles. The molecule has 2 aromatic carbocycles. The van der Waals surface area contributed by atoms with Crippen LogP contribution in [0, 0.1) is 6.92 Å². The molecule has 1 fully saturated rings. The molecule has 3 aromatic rings. The summed E-state index contributed by atoms with van der Waals surface area (Å²) in [4.78, 5) is 16.1. The molecule has 2 unspecified atom stereocenters. The molecule has 1 aromatic heterocycles. The van der Waals surface area contributed by atoms with E-state index >= 15 is 0 Å². The van der Waals surface area contributed by atoms with Gasteiger partial charge in [0, 0.05) is 5.56 Å². The molecule has 0 radical (unpaired) electrons. The van der Waals surface area contributed by atoms with Crippen LogP contribution in [0.3, 0.4) is 0 Å². The molecule has 1 N–H and O–H groups in total. The number of carboxylic acid groups (broad SMARTS) is 1. The maximum atomic E-state index is 11.6. The Morgan fingerprint density at radius 3 is 2.52 bits per heavy atom. The standard InChI is InChI=1S/C26H29NO6/c1-17-5-3-6-19(24(17)26(28)29)14-31-22-7-4-8-23(13-22)32-15-20-16-33-25(27-20)18-9-11-21(30-2)12-10-18/h3,5-6,9-12,16,22-23H,4,7-8,13-15H2,1-2H3,(H,28,29). The first kappa shape index (κ1) is 23.0. The van der Waals surface area contributed by atoms with Crippen molar-refractivity contribution in [1.82, 2.24) is 4.98 Å². The van der Waals surface area contributed by atoms with Crippen molar-refractivity contribution in [3.63, 3.8) is 0 Å². The van der Waals surface area contributed by atoms with Crippen LogP contribution >= 0.6 is 0 Å². The van der Waals surface area contributed by atoms with Crippen LogP contribution in [0.25, 0.3) is 11.5 Å². The Hall–Kier alpha value is -3.16. The van der Waals surface area contributed by atoms with Gasteiger partial charge in [0.2, 0.25) is 5.89 Å². The van der Waals surface area contributed by atoms with Crippen molar-refractivity contribution in [2.24, 2.45) is 0 Å². The lowest BCUT2D eigenvalue weighted by Gasteiger charge is -2.29. The lowest BCUT2D eigenvalue weighted by Crippen LogP contribution is -2.28. The first-order chi connectivity index (χ1) is 16.0. The lowest BCUT2D eigenvalue weighted by atomic mass is 9.94. The monoisotopic (exact) mass is 451 g/mol. The number of rotatable bonds is 9. The fourth-order valence-corrected chi connectivity index (χ4v) is 4.21. The van der Waals surface area contributed by atoms with Gasteiger partial charge in [-0.3, -0.25) is 0 Å². The Balaban J connectivity index is 1.29. The molecular weight excluding hydrogens is 422 g/mol. The highest BCUT2D eigenvalue weighted by Gasteiger charge is 2.24. The molecule has 7 heteroatoms. The minimum absolute atomic E-state index is 0.0399. The van der Waals surface area contributed by atoms with Crippen LogP contribution in [0.4, 0.5) is 0 Å². The zero-order valence-corrected chi connectivity index (χ0v) is 19.0. The van der Waals surface area contributed by atoms with E-state index in [0.29, 0.717) is 23.6 Å². The summed E-state index contributed by atoms with van der Waals surface area (Å²) in [5.74, 6) is 0.413. The average Bonchev–Trinajstić information content (AvgIpc) is 3.30. The molecule has 1 aliphatic rings. The third kappa shape index (κ3) is 5.80. The second-order valence-electron chi connectivity index (χ2n) is 8.32. The van der Waals surface area contributed by atoms with Crippen molar-refractivity contribution < 1.29 is 28.5 Å². The Labute approximate surface area is 193 Å². The predicted octanol–water partition coefficient (Wildman–Crippen LogP) is 5.40. The molecular formula is C26H29NO6. The Morgan fingerprint density at radius 2 is 1.82 bits per heavy atom. The highest BCUT2D eigenvalue weighted by atomic mass is 16.5. The number of hydrogen-bond acceptors (Lipinski definition) is 6. The normalized spacial score (nSPS) is 18.2. The molecule has 1 saturated carbocycles. The minimum atomic E-state index is -0.918. The molecule has 0 saturated heterocycles. The van der Waals surface area contributed by atoms with E-state index in [-0.39, 0.29) is 18.8 Å². The van der Waals surface area contributed by atoms with Crippen LogP contribution in [0.1, 0.15) is 52.9 Å². The summed E-state index contributed by atoms with van der Waals surface area (Å²) in [5, 5.41) is 9.51. The van der Waals surface area contributed by atoms with E-state index in [1.54, 1.807) is 26.4 Å². The topological polar surface area (TPSA) is 91.0 Å². The van der Waals surface area contributed by atoms with Crippen LogP contribution in [-0.2, 0) is 22.7 Å². The molecule has 33 heavy (non-hydrogen) atoms. The highest BCUT2D eigenvalue weighted by Crippen LogP contribution is 2.27. The summed E-state index contributed by atoms with van der Waals surface area (Å²) < 4.78 is 23.0. The summed E-state index contributed by atoms with van der Waals surface area (Å²) in [6.45, 7) is 2.47. The zero-order chi connectivity index (χ0) is 23.2. The number of aromatic carboxylic acids is 1. The van der Waals surface area contributed by atoms with Gasteiger partial charge in [-0.05, 0) is 68.0 Å². The van der Waals surface area contributed by atoms with Crippen molar-refractivity contribution in [3.05, 3.63) is 71.1 Å². The van der Waals surface area contributed by atoms with Crippen molar-refractivity contribution in [3.8, 4) is 17.2 Å². The third-order valence-corrected chi connectivity index (χ3v) is 5.98. The fourth-order valence-electron chi connectivity index (χ4n) is 4.21. The number of hydrogen-bond donors (Lipinski definition) is 1. The van der Waals surface area contributed by atoms with Crippen LogP contribution in [0.2, 0.25) is 0 Å². The molecule has 174 valence electrons. The Kier molecular flexibility index (Phi) is 7.42. The van der Waals surface area contributed by atoms with Gasteiger partial charge in [0.1, 0.15) is 17.7 Å². The number of benzene rings is 2. The number of oxazole rings is 1. The quantitative estimate of drug-likeness (QED) is 0.466. The molecule has 4 rings (SSSR count). The lowest BCUT2D eigenvalue weighted by molar-refractivity contribution is -0.0563. The van der Waals surface area contributed by atoms with Gasteiger partial charge in [0.05, 0.1) is 38.1 Å². The second-order valence-corrected chi connectivity index (χ2v) is 8.32. The summed E-state index contributed by atoms with van der Waals surface area (Å²) >= 11 is 0. The van der Waals surface area contributed by atoms with Crippen molar-refractivity contribution >= 4 is 5.97 Å². The molecule has 2 atom stereocenters. The van der Waals surface area contributed by atoms with Gasteiger partial charge in [0.15, 0.2) is 0 Å². The van der Waals surface area contributed by atoms with Crippen molar-refractivity contribution in [1.29, 1.82) is 0 Å². The van der Waals surface area contributed by atoms with Gasteiger partial charge in [0.25, 0.3) is 0 Å². The largest absolute Gasteiger partial charge is 0.497 e. The van der Waals surface area contributed by atoms with Crippen LogP contribution in [-0.4, -0.2) is 35.4 Å². The maximum Gasteiger partial charge on any atom is 0.336 e. The van der Waals surface area contributed by atoms with E-state index in [1.165, 1.54) is 0 Å². The number of methoxy groups -OCH3 is 1. The average molecular weight is 452 g/mol. The van der Waals surface area contributed by atoms with Crippen LogP contribution in [0.5, 0.6) is 5.75 Å². The van der Waals surface area contributed by atoms with Crippen molar-refractivity contribution in [2.45, 2.75) is 58.0 Å². The van der Waals surface area contributed by atoms with E-state index in [1.807, 2.05) is 36.4 Å². The van der Waals surface area contributed by atoms with Gasteiger partial charge in [-0.15, -0.1) is 0 Å². The fraction of sp³-hybridized carbons (Fsp3) is 0.385. The molecule has 7 nitrogen and oxygen atoms in total. The van der Waals surface area contributed by atoms with Gasteiger partial charge >= 0.3 is 5.97 Å². The van der Waals surface area contributed by atoms with Crippen LogP contribution < -0.4 is 4.74 Å². The number of aromatic nitrogens is 1. The molecule has 0 amide bonds. The Morgan fingerprint density at radius 1 is 1.09 bits per heavy atom. The SMILES string of the molecule is COc1ccc(-c2nc(COC3CCCC(OCc4cccc(C)c4C(=O)O)C3)co2)cc1. The highest BCUT2D eigenvalue weighted by molar-refractivity contribution is 5.91. The zero-order valence-electron chi connectivity index (χ0n) is 19.0. The number of ether oxygens (including phenoxy) is 3. The maximum absolute atomic E-state index is 11.6. The van der Waals surface area contributed by atoms with E-state index < -0.39 is 5.97 Å². The summed E-state index contributed by atoms with van der Waals surface area (Å²) in [6, 6.07) is 13.0. The first-order valence-corrected chi connectivity index (χ1v) is 11.2. The number of carbonyl (C=O) groups is 1. The number of nitrogens with zero attached hydrogens (tertiary/aromatic N) is 1. The molecule has 0 bridgehead atoms. The predicted molar refractivity (Wildman–Crippen MR) is 122 cm³/mol. The third-order valence-electron chi connectivity index (χ3n) is 5.98.